The van der Waals surface area contributed by atoms with E-state index in [-0.39, 0.29) is 17.7 Å². The van der Waals surface area contributed by atoms with Gasteiger partial charge in [-0.3, -0.25) is 0 Å². The first kappa shape index (κ1) is 33.6. The van der Waals surface area contributed by atoms with Gasteiger partial charge in [0.2, 0.25) is 0 Å². The fourth-order valence-corrected chi connectivity index (χ4v) is 10.4. The third-order valence-electron chi connectivity index (χ3n) is 13.3. The molecule has 2 aliphatic rings. The highest BCUT2D eigenvalue weighted by atomic mass is 15.2. The van der Waals surface area contributed by atoms with Crippen LogP contribution >= 0.6 is 0 Å². The molecular formula is C54H44BN3. The monoisotopic (exact) mass is 745 g/mol. The number of nitrogen functional groups attached to an aromatic ring is 1. The second-order valence-corrected chi connectivity index (χ2v) is 18.8. The quantitative estimate of drug-likeness (QED) is 0.0786. The highest BCUT2D eigenvalue weighted by Crippen LogP contribution is 2.48. The molecule has 0 spiro atoms. The number of anilines is 4. The van der Waals surface area contributed by atoms with Crippen molar-refractivity contribution in [2.75, 3.05) is 10.6 Å². The minimum atomic E-state index is -0.0597. The van der Waals surface area contributed by atoms with Gasteiger partial charge in [0, 0.05) is 50.1 Å². The number of hydrogen-bond donors (Lipinski definition) is 1. The Balaban J connectivity index is 1.26. The number of fused-ring (bicyclic) bond motifs is 14. The van der Waals surface area contributed by atoms with Crippen LogP contribution in [-0.2, 0) is 10.8 Å². The third-order valence-corrected chi connectivity index (χ3v) is 13.3. The van der Waals surface area contributed by atoms with Gasteiger partial charge in [0.15, 0.2) is 0 Å². The second-order valence-electron chi connectivity index (χ2n) is 18.8. The number of nitrogens with two attached hydrogens (primary N) is 1. The van der Waals surface area contributed by atoms with Gasteiger partial charge in [0.1, 0.15) is 0 Å². The van der Waals surface area contributed by atoms with E-state index >= 15 is 0 Å². The molecule has 9 aromatic carbocycles. The molecule has 0 amide bonds. The minimum absolute atomic E-state index is 0.0486. The molecule has 2 aliphatic heterocycles. The summed E-state index contributed by atoms with van der Waals surface area (Å²) in [6.45, 7) is 13.9. The van der Waals surface area contributed by atoms with Crippen molar-refractivity contribution in [2.45, 2.75) is 52.4 Å². The average molecular weight is 746 g/mol. The van der Waals surface area contributed by atoms with E-state index in [1.807, 2.05) is 0 Å². The molecule has 3 nitrogen and oxygen atoms in total. The summed E-state index contributed by atoms with van der Waals surface area (Å²) in [5.41, 5.74) is 21.5. The fourth-order valence-electron chi connectivity index (χ4n) is 10.4. The average Bonchev–Trinajstić information content (AvgIpc) is 3.55. The molecule has 3 heterocycles. The first-order valence-electron chi connectivity index (χ1n) is 20.7. The summed E-state index contributed by atoms with van der Waals surface area (Å²) in [5, 5.41) is 12.8. The van der Waals surface area contributed by atoms with Gasteiger partial charge in [-0.05, 0) is 130 Å². The van der Waals surface area contributed by atoms with Gasteiger partial charge in [0.05, 0.1) is 0 Å². The van der Waals surface area contributed by atoms with Crippen LogP contribution in [0.5, 0.6) is 0 Å². The first-order valence-corrected chi connectivity index (χ1v) is 20.7. The van der Waals surface area contributed by atoms with E-state index < -0.39 is 0 Å². The maximum atomic E-state index is 7.03. The van der Waals surface area contributed by atoms with E-state index in [2.05, 4.69) is 197 Å². The number of aromatic nitrogens is 1. The highest BCUT2D eigenvalue weighted by Gasteiger charge is 2.43. The van der Waals surface area contributed by atoms with Crippen LogP contribution in [0.25, 0.3) is 76.0 Å². The number of nitrogens with zero attached hydrogens (tertiary/aromatic N) is 2. The predicted octanol–water partition coefficient (Wildman–Crippen LogP) is 13.0. The standard InChI is InChI=1S/C54H44BN3/c1-53(2,3)33-26-34(54(4,5)6)28-36(27-33)57-49-25-32-23-45-40-17-10-8-15-38(40)37-14-7-9-16-39(37)44(45)22-31(32)24-47(49)55-51-46(29-35(56)30-50(51)57)43-20-13-19-42-41-18-11-12-21-48(41)58(55)52(42)43/h7-30H,56H2,1-6H3. The lowest BCUT2D eigenvalue weighted by Gasteiger charge is -2.41. The molecule has 12 rings (SSSR count). The van der Waals surface area contributed by atoms with E-state index in [9.17, 15) is 0 Å². The molecule has 2 N–H and O–H groups in total. The maximum Gasteiger partial charge on any atom is 0.333 e. The van der Waals surface area contributed by atoms with Crippen molar-refractivity contribution in [1.82, 2.24) is 4.48 Å². The lowest BCUT2D eigenvalue weighted by molar-refractivity contribution is 0.569. The molecule has 0 fully saturated rings. The maximum absolute atomic E-state index is 7.03. The Morgan fingerprint density at radius 3 is 1.64 bits per heavy atom. The van der Waals surface area contributed by atoms with Gasteiger partial charge in [-0.15, -0.1) is 0 Å². The van der Waals surface area contributed by atoms with Crippen molar-refractivity contribution < 1.29 is 0 Å². The molecule has 0 aliphatic carbocycles. The Bertz CT molecular complexity index is 3420. The zero-order chi connectivity index (χ0) is 39.4. The van der Waals surface area contributed by atoms with Crippen molar-refractivity contribution in [1.29, 1.82) is 0 Å². The molecule has 1 aromatic heterocycles. The third kappa shape index (κ3) is 4.52. The van der Waals surface area contributed by atoms with Gasteiger partial charge in [-0.1, -0.05) is 139 Å². The van der Waals surface area contributed by atoms with Gasteiger partial charge < -0.3 is 15.1 Å². The summed E-state index contributed by atoms with van der Waals surface area (Å²) in [6.07, 6.45) is 0. The van der Waals surface area contributed by atoms with Crippen LogP contribution < -0.4 is 21.6 Å². The Morgan fingerprint density at radius 2 is 1.02 bits per heavy atom. The summed E-state index contributed by atoms with van der Waals surface area (Å²) in [5.74, 6) is 0. The van der Waals surface area contributed by atoms with Crippen LogP contribution in [0.15, 0.2) is 146 Å². The van der Waals surface area contributed by atoms with Crippen LogP contribution in [0.3, 0.4) is 0 Å². The fraction of sp³-hybridized carbons (Fsp3) is 0.148. The lowest BCUT2D eigenvalue weighted by atomic mass is 9.45. The van der Waals surface area contributed by atoms with Gasteiger partial charge >= 0.3 is 6.85 Å². The summed E-state index contributed by atoms with van der Waals surface area (Å²) in [6, 6.07) is 55.2. The van der Waals surface area contributed by atoms with Crippen LogP contribution in [0, 0.1) is 0 Å². The Labute approximate surface area is 339 Å². The summed E-state index contributed by atoms with van der Waals surface area (Å²) >= 11 is 0. The molecule has 0 atom stereocenters. The topological polar surface area (TPSA) is 34.2 Å². The zero-order valence-electron chi connectivity index (χ0n) is 33.9. The first-order chi connectivity index (χ1) is 27.9. The molecule has 278 valence electrons. The van der Waals surface area contributed by atoms with Crippen molar-refractivity contribution in [2.24, 2.45) is 0 Å². The van der Waals surface area contributed by atoms with Crippen LogP contribution in [-0.4, -0.2) is 11.3 Å². The minimum Gasteiger partial charge on any atom is -0.399 e. The molecule has 0 saturated carbocycles. The zero-order valence-corrected chi connectivity index (χ0v) is 33.9. The van der Waals surface area contributed by atoms with E-state index in [4.69, 9.17) is 5.73 Å². The molecule has 4 heteroatoms. The molecule has 10 aromatic rings. The second kappa shape index (κ2) is 11.3. The van der Waals surface area contributed by atoms with Crippen LogP contribution in [0.1, 0.15) is 52.7 Å². The smallest absolute Gasteiger partial charge is 0.333 e. The molecular weight excluding hydrogens is 701 g/mol. The van der Waals surface area contributed by atoms with Crippen LogP contribution in [0.2, 0.25) is 0 Å². The Morgan fingerprint density at radius 1 is 0.466 bits per heavy atom. The van der Waals surface area contributed by atoms with Crippen LogP contribution in [0.4, 0.5) is 22.7 Å². The molecule has 58 heavy (non-hydrogen) atoms. The van der Waals surface area contributed by atoms with Gasteiger partial charge in [-0.2, -0.15) is 0 Å². The molecule has 0 bridgehead atoms. The number of para-hydroxylation sites is 2. The van der Waals surface area contributed by atoms with E-state index in [1.165, 1.54) is 109 Å². The summed E-state index contributed by atoms with van der Waals surface area (Å²) in [4.78, 5) is 2.55. The SMILES string of the molecule is CC(C)(C)c1cc(N2c3cc4cc5c6ccccc6c6ccccc6c5cc4cc3B3c4c(cc(N)cc42)-c2cccc4c5ccccc5n3c24)cc(C(C)(C)C)c1. The molecule has 0 saturated heterocycles. The van der Waals surface area contributed by atoms with Crippen molar-refractivity contribution in [3.63, 3.8) is 0 Å². The van der Waals surface area contributed by atoms with Crippen molar-refractivity contribution in [3.05, 3.63) is 157 Å². The van der Waals surface area contributed by atoms with Crippen molar-refractivity contribution in [3.8, 4) is 11.1 Å². The number of rotatable bonds is 1. The summed E-state index contributed by atoms with van der Waals surface area (Å²) in [7, 11) is 0. The summed E-state index contributed by atoms with van der Waals surface area (Å²) < 4.78 is 2.64. The van der Waals surface area contributed by atoms with Crippen molar-refractivity contribution >= 4 is 105 Å². The highest BCUT2D eigenvalue weighted by molar-refractivity contribution is 6.90. The van der Waals surface area contributed by atoms with Gasteiger partial charge in [0.25, 0.3) is 0 Å². The normalized spacial score (nSPS) is 13.7. The predicted molar refractivity (Wildman–Crippen MR) is 252 cm³/mol. The number of hydrogen-bond acceptors (Lipinski definition) is 2. The van der Waals surface area contributed by atoms with E-state index in [1.54, 1.807) is 0 Å². The number of benzene rings is 9. The Hall–Kier alpha value is -6.52. The Kier molecular flexibility index (Phi) is 6.56. The molecule has 0 radical (unpaired) electrons. The van der Waals surface area contributed by atoms with E-state index in [0.29, 0.717) is 0 Å². The van der Waals surface area contributed by atoms with Gasteiger partial charge in [-0.25, -0.2) is 0 Å². The largest absolute Gasteiger partial charge is 0.399 e. The molecule has 0 unspecified atom stereocenters. The van der Waals surface area contributed by atoms with E-state index in [0.717, 1.165) is 11.4 Å². The lowest BCUT2D eigenvalue weighted by Crippen LogP contribution is -2.56.